The van der Waals surface area contributed by atoms with Gasteiger partial charge in [0.05, 0.1) is 0 Å². The molecule has 2 rings (SSSR count). The number of allylic oxidation sites excluding steroid dienone is 4. The van der Waals surface area contributed by atoms with E-state index in [0.717, 1.165) is 31.4 Å². The first-order chi connectivity index (χ1) is 9.83. The van der Waals surface area contributed by atoms with Crippen LogP contribution in [0.2, 0.25) is 0 Å². The average Bonchev–Trinajstić information content (AvgIpc) is 2.59. The van der Waals surface area contributed by atoms with Crippen LogP contribution in [0.15, 0.2) is 23.0 Å². The molecule has 0 saturated carbocycles. The summed E-state index contributed by atoms with van der Waals surface area (Å²) >= 11 is 0. The van der Waals surface area contributed by atoms with Gasteiger partial charge in [-0.2, -0.15) is 0 Å². The molecule has 0 bridgehead atoms. The molecule has 2 atom stereocenters. The van der Waals surface area contributed by atoms with Crippen molar-refractivity contribution >= 4 is 0 Å². The summed E-state index contributed by atoms with van der Waals surface area (Å²) in [5.74, 6) is 0.797. The molecule has 0 unspecified atom stereocenters. The second-order valence-corrected chi connectivity index (χ2v) is 7.34. The van der Waals surface area contributed by atoms with Gasteiger partial charge in [-0.05, 0) is 56.3 Å². The summed E-state index contributed by atoms with van der Waals surface area (Å²) < 4.78 is 10.3. The predicted octanol–water partition coefficient (Wildman–Crippen LogP) is 0.408. The minimum absolute atomic E-state index is 0. The van der Waals surface area contributed by atoms with Gasteiger partial charge in [0.15, 0.2) is 0 Å². The van der Waals surface area contributed by atoms with Crippen molar-refractivity contribution in [2.45, 2.75) is 53.4 Å². The van der Waals surface area contributed by atoms with Gasteiger partial charge in [-0.1, -0.05) is 31.1 Å². The number of ether oxygens (including phenoxy) is 2. The summed E-state index contributed by atoms with van der Waals surface area (Å²) in [5.41, 5.74) is 2.77. The number of methoxy groups -OCH3 is 1. The third-order valence-corrected chi connectivity index (χ3v) is 5.68. The molecule has 0 radical (unpaired) electrons. The Morgan fingerprint density at radius 3 is 2.64 bits per heavy atom. The molecule has 22 heavy (non-hydrogen) atoms. The Kier molecular flexibility index (Phi) is 6.83. The number of hydrogen-bond donors (Lipinski definition) is 0. The Balaban J connectivity index is 0.00000242. The molecule has 0 aliphatic heterocycles. The monoisotopic (exact) mass is 300 g/mol. The average molecular weight is 300 g/mol. The summed E-state index contributed by atoms with van der Waals surface area (Å²) in [4.78, 5) is 0. The molecule has 0 amide bonds. The Labute approximate surface area is 147 Å². The molecule has 0 heterocycles. The first kappa shape index (κ1) is 19.8. The van der Waals surface area contributed by atoms with E-state index < -0.39 is 0 Å². The van der Waals surface area contributed by atoms with Crippen LogP contribution < -0.4 is 24.0 Å². The van der Waals surface area contributed by atoms with Crippen LogP contribution in [0.1, 0.15) is 53.4 Å². The van der Waals surface area contributed by atoms with Gasteiger partial charge in [-0.3, -0.25) is 0 Å². The first-order valence-electron chi connectivity index (χ1n) is 7.96. The van der Waals surface area contributed by atoms with E-state index in [0.29, 0.717) is 24.9 Å². The maximum absolute atomic E-state index is 12.2. The molecule has 2 aliphatic carbocycles. The van der Waals surface area contributed by atoms with Crippen molar-refractivity contribution in [1.29, 1.82) is 0 Å². The Hall–Kier alpha value is -0.203. The Bertz CT molecular complexity index is 453. The van der Waals surface area contributed by atoms with E-state index in [1.165, 1.54) is 5.57 Å². The summed E-state index contributed by atoms with van der Waals surface area (Å²) in [6, 6.07) is 0. The summed E-state index contributed by atoms with van der Waals surface area (Å²) in [7, 11) is 1.64. The molecule has 4 heteroatoms. The van der Waals surface area contributed by atoms with Crippen LogP contribution in [0, 0.1) is 16.7 Å². The zero-order valence-corrected chi connectivity index (χ0v) is 15.1. The fourth-order valence-corrected chi connectivity index (χ4v) is 4.28. The van der Waals surface area contributed by atoms with Crippen molar-refractivity contribution in [2.75, 3.05) is 20.5 Å². The van der Waals surface area contributed by atoms with E-state index in [2.05, 4.69) is 26.8 Å². The third-order valence-electron chi connectivity index (χ3n) is 5.68. The molecular weight excluding hydrogens is 271 g/mol. The fourth-order valence-electron chi connectivity index (χ4n) is 4.28. The summed E-state index contributed by atoms with van der Waals surface area (Å²) in [6.07, 6.45) is 6.19. The predicted molar refractivity (Wildman–Crippen MR) is 82.5 cm³/mol. The van der Waals surface area contributed by atoms with Crippen molar-refractivity contribution in [3.8, 4) is 0 Å². The summed E-state index contributed by atoms with van der Waals surface area (Å²) in [5, 5.41) is 12.2. The standard InChI is InChI=1S/C18H30O3.Li/c1-13-10-18(7-6-8-21-12-20-5)11-14(2)17(3,4)16(18)9-15(13)19;/h11,16,19H,6-10,12H2,1-5H3;/q;+1/p-1/t16-,18+;/m0./s1. The fraction of sp³-hybridized carbons (Fsp3) is 0.778. The minimum atomic E-state index is 0. The van der Waals surface area contributed by atoms with Gasteiger partial charge in [0, 0.05) is 13.7 Å². The van der Waals surface area contributed by atoms with Crippen molar-refractivity contribution in [2.24, 2.45) is 16.7 Å². The SMILES string of the molecule is COCOCCC[C@@]12C=C(C)C(C)(C)[C@@H]1CC([O-])=C(C)C2.[Li+]. The van der Waals surface area contributed by atoms with E-state index in [1.54, 1.807) is 7.11 Å². The molecular formula is C18H29LiO3. The number of hydrogen-bond acceptors (Lipinski definition) is 3. The number of rotatable bonds is 6. The molecule has 0 spiro atoms. The summed E-state index contributed by atoms with van der Waals surface area (Å²) in [6.45, 7) is 9.90. The first-order valence-corrected chi connectivity index (χ1v) is 7.96. The van der Waals surface area contributed by atoms with Crippen LogP contribution in [0.3, 0.4) is 0 Å². The molecule has 2 aliphatic rings. The topological polar surface area (TPSA) is 41.5 Å². The van der Waals surface area contributed by atoms with Gasteiger partial charge in [-0.25, -0.2) is 0 Å². The molecule has 3 nitrogen and oxygen atoms in total. The van der Waals surface area contributed by atoms with E-state index in [1.807, 2.05) is 6.92 Å². The van der Waals surface area contributed by atoms with Crippen LogP contribution in [0.4, 0.5) is 0 Å². The van der Waals surface area contributed by atoms with Crippen LogP contribution in [0.25, 0.3) is 0 Å². The van der Waals surface area contributed by atoms with Gasteiger partial charge in [0.1, 0.15) is 6.79 Å². The zero-order valence-electron chi connectivity index (χ0n) is 15.1. The van der Waals surface area contributed by atoms with Gasteiger partial charge in [0.25, 0.3) is 0 Å². The van der Waals surface area contributed by atoms with Gasteiger partial charge in [0.2, 0.25) is 0 Å². The molecule has 120 valence electrons. The van der Waals surface area contributed by atoms with E-state index in [-0.39, 0.29) is 29.7 Å². The Morgan fingerprint density at radius 1 is 1.32 bits per heavy atom. The smallest absolute Gasteiger partial charge is 0.875 e. The maximum atomic E-state index is 12.2. The zero-order chi connectivity index (χ0) is 15.7. The van der Waals surface area contributed by atoms with Gasteiger partial charge >= 0.3 is 18.9 Å². The largest absolute Gasteiger partial charge is 1.00 e. The molecule has 0 aromatic rings. The van der Waals surface area contributed by atoms with Crippen LogP contribution in [0.5, 0.6) is 0 Å². The van der Waals surface area contributed by atoms with E-state index in [9.17, 15) is 5.11 Å². The maximum Gasteiger partial charge on any atom is 1.00 e. The minimum Gasteiger partial charge on any atom is -0.875 e. The van der Waals surface area contributed by atoms with Crippen LogP contribution in [-0.4, -0.2) is 20.5 Å². The van der Waals surface area contributed by atoms with Crippen molar-refractivity contribution in [1.82, 2.24) is 0 Å². The second kappa shape index (κ2) is 7.58. The quantitative estimate of drug-likeness (QED) is 0.309. The molecule has 0 saturated heterocycles. The van der Waals surface area contributed by atoms with Gasteiger partial charge < -0.3 is 14.6 Å². The van der Waals surface area contributed by atoms with Crippen LogP contribution >= 0.6 is 0 Å². The van der Waals surface area contributed by atoms with E-state index in [4.69, 9.17) is 9.47 Å². The molecule has 0 N–H and O–H groups in total. The van der Waals surface area contributed by atoms with Crippen LogP contribution in [-0.2, 0) is 9.47 Å². The normalized spacial score (nSPS) is 29.9. The third kappa shape index (κ3) is 3.65. The van der Waals surface area contributed by atoms with Crippen molar-refractivity contribution in [3.63, 3.8) is 0 Å². The van der Waals surface area contributed by atoms with Crippen molar-refractivity contribution in [3.05, 3.63) is 23.0 Å². The number of fused-ring (bicyclic) bond motifs is 1. The van der Waals surface area contributed by atoms with E-state index >= 15 is 0 Å². The molecule has 0 aromatic heterocycles. The Morgan fingerprint density at radius 2 is 2.00 bits per heavy atom. The molecule has 0 aromatic carbocycles. The molecule has 0 fully saturated rings. The van der Waals surface area contributed by atoms with Crippen molar-refractivity contribution < 1.29 is 33.4 Å². The van der Waals surface area contributed by atoms with Gasteiger partial charge in [-0.15, -0.1) is 5.76 Å². The second-order valence-electron chi connectivity index (χ2n) is 7.34.